The maximum atomic E-state index is 12.3. The highest BCUT2D eigenvalue weighted by molar-refractivity contribution is 5.89. The fourth-order valence-corrected chi connectivity index (χ4v) is 3.51. The normalized spacial score (nSPS) is 31.4. The van der Waals surface area contributed by atoms with Crippen LogP contribution >= 0.6 is 0 Å². The van der Waals surface area contributed by atoms with E-state index < -0.39 is 61.1 Å². The van der Waals surface area contributed by atoms with E-state index in [4.69, 9.17) is 18.9 Å². The number of hydrogen-bond acceptors (Lipinski definition) is 8. The summed E-state index contributed by atoms with van der Waals surface area (Å²) in [5, 5.41) is 29.4. The number of hydrogen-bond donors (Lipinski definition) is 3. The zero-order chi connectivity index (χ0) is 21.2. The number of ether oxygens (including phenoxy) is 4. The van der Waals surface area contributed by atoms with Crippen molar-refractivity contribution in [2.24, 2.45) is 0 Å². The first-order valence-corrected chi connectivity index (χ1v) is 9.64. The number of aliphatic hydroxyl groups is 3. The Labute approximate surface area is 169 Å². The molecule has 0 amide bonds. The number of rotatable bonds is 7. The molecule has 0 aliphatic carbocycles. The smallest absolute Gasteiger partial charge is 0.338 e. The van der Waals surface area contributed by atoms with Crippen LogP contribution in [-0.2, 0) is 18.9 Å². The molecule has 3 N–H and O–H groups in total. The third kappa shape index (κ3) is 5.03. The van der Waals surface area contributed by atoms with Gasteiger partial charge >= 0.3 is 5.97 Å². The van der Waals surface area contributed by atoms with Gasteiger partial charge in [-0.15, -0.1) is 0 Å². The average molecular weight is 408 g/mol. The molecule has 2 heterocycles. The van der Waals surface area contributed by atoms with E-state index >= 15 is 0 Å². The Morgan fingerprint density at radius 2 is 1.86 bits per heavy atom. The molecule has 1 aromatic carbocycles. The van der Waals surface area contributed by atoms with E-state index in [1.54, 1.807) is 50.3 Å². The van der Waals surface area contributed by atoms with Gasteiger partial charge in [0.15, 0.2) is 5.79 Å². The van der Waals surface area contributed by atoms with E-state index in [9.17, 15) is 20.1 Å². The molecule has 0 unspecified atom stereocenters. The highest BCUT2D eigenvalue weighted by atomic mass is 16.8. The lowest BCUT2D eigenvalue weighted by Crippen LogP contribution is -2.40. The van der Waals surface area contributed by atoms with Crippen LogP contribution in [-0.4, -0.2) is 76.4 Å². The minimum Gasteiger partial charge on any atom is -0.452 e. The van der Waals surface area contributed by atoms with Gasteiger partial charge in [0.1, 0.15) is 36.6 Å². The molecule has 8 heteroatoms. The number of aliphatic hydroxyl groups excluding tert-OH is 3. The summed E-state index contributed by atoms with van der Waals surface area (Å²) in [5.41, 5.74) is 0.379. The Morgan fingerprint density at radius 3 is 2.48 bits per heavy atom. The van der Waals surface area contributed by atoms with E-state index in [2.05, 4.69) is 0 Å². The van der Waals surface area contributed by atoms with Crippen LogP contribution in [0, 0.1) is 0 Å². The molecule has 8 nitrogen and oxygen atoms in total. The van der Waals surface area contributed by atoms with Gasteiger partial charge in [-0.25, -0.2) is 4.79 Å². The monoisotopic (exact) mass is 408 g/mol. The summed E-state index contributed by atoms with van der Waals surface area (Å²) in [5.74, 6) is -1.41. The quantitative estimate of drug-likeness (QED) is 0.448. The van der Waals surface area contributed by atoms with Crippen molar-refractivity contribution in [1.82, 2.24) is 0 Å². The summed E-state index contributed by atoms with van der Waals surface area (Å²) < 4.78 is 23.0. The lowest BCUT2D eigenvalue weighted by atomic mass is 10.0. The van der Waals surface area contributed by atoms with Crippen molar-refractivity contribution in [1.29, 1.82) is 0 Å². The fourth-order valence-electron chi connectivity index (χ4n) is 3.51. The highest BCUT2D eigenvalue weighted by Gasteiger charge is 2.56. The molecule has 2 aliphatic rings. The van der Waals surface area contributed by atoms with Gasteiger partial charge < -0.3 is 34.3 Å². The second kappa shape index (κ2) is 8.91. The molecule has 0 saturated carbocycles. The fraction of sp³-hybridized carbons (Fsp3) is 0.571. The molecule has 2 saturated heterocycles. The van der Waals surface area contributed by atoms with Crippen molar-refractivity contribution < 1.29 is 39.1 Å². The van der Waals surface area contributed by atoms with Crippen LogP contribution in [0.3, 0.4) is 0 Å². The predicted molar refractivity (Wildman–Crippen MR) is 102 cm³/mol. The van der Waals surface area contributed by atoms with Crippen LogP contribution in [0.15, 0.2) is 42.5 Å². The standard InChI is InChI=1S/C21H28O8/c1-12(23)15(27-20(25)13-7-5-4-6-8-13)9-10-16-18-19(29-21(2,3)28-18)17(26-16)14(24)11-22/h4-10,12,14-19,22-24H,11H2,1-3H3/b10-9+/t12-,14-,15+,16+,17-,18-,19+/m1/s1. The molecular formula is C21H28O8. The Kier molecular flexibility index (Phi) is 6.72. The summed E-state index contributed by atoms with van der Waals surface area (Å²) in [6, 6.07) is 8.49. The Bertz CT molecular complexity index is 717. The van der Waals surface area contributed by atoms with E-state index in [0.717, 1.165) is 0 Å². The second-order valence-corrected chi connectivity index (χ2v) is 7.74. The first-order valence-electron chi connectivity index (χ1n) is 9.64. The molecule has 2 fully saturated rings. The average Bonchev–Trinajstić information content (AvgIpc) is 3.17. The molecule has 7 atom stereocenters. The lowest BCUT2D eigenvalue weighted by Gasteiger charge is -2.25. The first-order chi connectivity index (χ1) is 13.7. The van der Waals surface area contributed by atoms with Crippen LogP contribution in [0.4, 0.5) is 0 Å². The van der Waals surface area contributed by atoms with E-state index in [-0.39, 0.29) is 0 Å². The molecule has 0 radical (unpaired) electrons. The van der Waals surface area contributed by atoms with Crippen molar-refractivity contribution in [3.63, 3.8) is 0 Å². The van der Waals surface area contributed by atoms with Crippen LogP contribution in [0.2, 0.25) is 0 Å². The first kappa shape index (κ1) is 21.9. The SMILES string of the molecule is C[C@@H](O)[C@H](/C=C/[C@@H]1O[C@H]([C@H](O)CO)[C@@H]2OC(C)(C)O[C@@H]21)OC(=O)c1ccccc1. The maximum Gasteiger partial charge on any atom is 0.338 e. The molecule has 2 aliphatic heterocycles. The summed E-state index contributed by atoms with van der Waals surface area (Å²) in [4.78, 5) is 12.3. The molecule has 0 bridgehead atoms. The van der Waals surface area contributed by atoms with E-state index in [1.807, 2.05) is 0 Å². The van der Waals surface area contributed by atoms with Gasteiger partial charge in [0.2, 0.25) is 0 Å². The number of carbonyl (C=O) groups is 1. The Hall–Kier alpha value is -1.81. The van der Waals surface area contributed by atoms with Crippen molar-refractivity contribution in [3.05, 3.63) is 48.0 Å². The predicted octanol–water partition coefficient (Wildman–Crippen LogP) is 0.790. The third-order valence-electron chi connectivity index (χ3n) is 4.91. The van der Waals surface area contributed by atoms with Crippen molar-refractivity contribution in [3.8, 4) is 0 Å². The zero-order valence-electron chi connectivity index (χ0n) is 16.7. The highest BCUT2D eigenvalue weighted by Crippen LogP contribution is 2.40. The zero-order valence-corrected chi connectivity index (χ0v) is 16.7. The van der Waals surface area contributed by atoms with Gasteiger partial charge in [0, 0.05) is 0 Å². The van der Waals surface area contributed by atoms with Crippen LogP contribution in [0.1, 0.15) is 31.1 Å². The second-order valence-electron chi connectivity index (χ2n) is 7.74. The van der Waals surface area contributed by atoms with Crippen molar-refractivity contribution in [2.75, 3.05) is 6.61 Å². The Balaban J connectivity index is 1.72. The number of carbonyl (C=O) groups excluding carboxylic acids is 1. The van der Waals surface area contributed by atoms with Crippen LogP contribution < -0.4 is 0 Å². The minimum atomic E-state index is -1.12. The molecule has 160 valence electrons. The van der Waals surface area contributed by atoms with Gasteiger partial charge in [-0.3, -0.25) is 0 Å². The largest absolute Gasteiger partial charge is 0.452 e. The van der Waals surface area contributed by atoms with Crippen LogP contribution in [0.25, 0.3) is 0 Å². The minimum absolute atomic E-state index is 0.379. The number of benzene rings is 1. The van der Waals surface area contributed by atoms with Gasteiger partial charge in [0.25, 0.3) is 0 Å². The van der Waals surface area contributed by atoms with E-state index in [0.29, 0.717) is 5.56 Å². The van der Waals surface area contributed by atoms with Crippen LogP contribution in [0.5, 0.6) is 0 Å². The summed E-state index contributed by atoms with van der Waals surface area (Å²) in [6.07, 6.45) is -2.25. The molecular weight excluding hydrogens is 380 g/mol. The summed E-state index contributed by atoms with van der Waals surface area (Å²) >= 11 is 0. The third-order valence-corrected chi connectivity index (χ3v) is 4.91. The topological polar surface area (TPSA) is 115 Å². The van der Waals surface area contributed by atoms with Crippen molar-refractivity contribution in [2.45, 2.75) is 69.3 Å². The molecule has 0 spiro atoms. The lowest BCUT2D eigenvalue weighted by molar-refractivity contribution is -0.194. The summed E-state index contributed by atoms with van der Waals surface area (Å²) in [7, 11) is 0. The number of esters is 1. The summed E-state index contributed by atoms with van der Waals surface area (Å²) in [6.45, 7) is 4.56. The maximum absolute atomic E-state index is 12.3. The molecule has 1 aromatic rings. The number of fused-ring (bicyclic) bond motifs is 1. The molecule has 0 aromatic heterocycles. The van der Waals surface area contributed by atoms with E-state index in [1.165, 1.54) is 13.0 Å². The van der Waals surface area contributed by atoms with Gasteiger partial charge in [0.05, 0.1) is 18.3 Å². The van der Waals surface area contributed by atoms with Gasteiger partial charge in [-0.2, -0.15) is 0 Å². The molecule has 29 heavy (non-hydrogen) atoms. The van der Waals surface area contributed by atoms with Crippen molar-refractivity contribution >= 4 is 5.97 Å². The Morgan fingerprint density at radius 1 is 1.21 bits per heavy atom. The molecule has 3 rings (SSSR count). The van der Waals surface area contributed by atoms with Gasteiger partial charge in [-0.05, 0) is 39.0 Å². The van der Waals surface area contributed by atoms with Gasteiger partial charge in [-0.1, -0.05) is 24.3 Å².